The number of hydrogen-bond acceptors (Lipinski definition) is 5. The zero-order valence-corrected chi connectivity index (χ0v) is 19.0. The molecule has 3 heterocycles. The summed E-state index contributed by atoms with van der Waals surface area (Å²) in [4.78, 5) is 20.5. The lowest BCUT2D eigenvalue weighted by Gasteiger charge is -2.09. The van der Waals surface area contributed by atoms with Gasteiger partial charge in [0, 0.05) is 18.5 Å². The summed E-state index contributed by atoms with van der Waals surface area (Å²) in [5.41, 5.74) is 6.90. The van der Waals surface area contributed by atoms with Gasteiger partial charge in [0.25, 0.3) is 0 Å². The number of phenolic OH excluding ortho intramolecular Hbond substituents is 1. The molecule has 0 saturated heterocycles. The highest BCUT2D eigenvalue weighted by Crippen LogP contribution is 2.32. The minimum atomic E-state index is 0.280. The van der Waals surface area contributed by atoms with Gasteiger partial charge in [-0.15, -0.1) is 0 Å². The van der Waals surface area contributed by atoms with E-state index in [1.54, 1.807) is 17.2 Å². The smallest absolute Gasteiger partial charge is 0.210 e. The van der Waals surface area contributed by atoms with Gasteiger partial charge < -0.3 is 20.3 Å². The number of H-pyrrole nitrogens is 2. The minimum absolute atomic E-state index is 0.280. The maximum absolute atomic E-state index is 10.9. The van der Waals surface area contributed by atoms with E-state index in [0.29, 0.717) is 18.9 Å². The van der Waals surface area contributed by atoms with Crippen molar-refractivity contribution in [3.8, 4) is 28.4 Å². The lowest BCUT2D eigenvalue weighted by molar-refractivity contribution is -0.116. The number of aromatic nitrogens is 4. The van der Waals surface area contributed by atoms with E-state index in [1.807, 2.05) is 38.4 Å². The summed E-state index contributed by atoms with van der Waals surface area (Å²) in [6, 6.07) is 11.7. The van der Waals surface area contributed by atoms with Gasteiger partial charge in [-0.3, -0.25) is 9.89 Å². The van der Waals surface area contributed by atoms with E-state index in [0.717, 1.165) is 57.4 Å². The Bertz CT molecular complexity index is 1300. The van der Waals surface area contributed by atoms with Crippen molar-refractivity contribution in [2.45, 2.75) is 13.3 Å². The van der Waals surface area contributed by atoms with Crippen molar-refractivity contribution in [2.75, 3.05) is 27.2 Å². The molecule has 1 aliphatic rings. The Hall–Kier alpha value is -3.91. The molecule has 33 heavy (non-hydrogen) atoms. The molecular formula is C25H28N6O2. The third-order valence-electron chi connectivity index (χ3n) is 5.58. The van der Waals surface area contributed by atoms with E-state index in [9.17, 15) is 9.90 Å². The summed E-state index contributed by atoms with van der Waals surface area (Å²) in [5.74, 6) is 0.969. The van der Waals surface area contributed by atoms with E-state index in [4.69, 9.17) is 0 Å². The molecule has 1 aliphatic heterocycles. The maximum Gasteiger partial charge on any atom is 0.210 e. The van der Waals surface area contributed by atoms with Crippen molar-refractivity contribution in [3.05, 3.63) is 59.9 Å². The summed E-state index contributed by atoms with van der Waals surface area (Å²) in [7, 11) is 3.75. The normalized spacial score (nSPS) is 13.1. The SMILES string of the molecule is CCc1cc(O)ccc1-c1ccc2c(-c3ncc(C4=CCN(C=O)C4)[nH]3)n[nH]c2c1.CNC. The lowest BCUT2D eigenvalue weighted by atomic mass is 9.97. The van der Waals surface area contributed by atoms with Crippen LogP contribution in [0, 0.1) is 0 Å². The van der Waals surface area contributed by atoms with Gasteiger partial charge in [0.15, 0.2) is 5.82 Å². The summed E-state index contributed by atoms with van der Waals surface area (Å²) < 4.78 is 0. The molecule has 8 heteroatoms. The zero-order chi connectivity index (χ0) is 23.4. The molecule has 2 aromatic carbocycles. The second kappa shape index (κ2) is 9.70. The number of carbonyl (C=O) groups is 1. The van der Waals surface area contributed by atoms with E-state index in [2.05, 4.69) is 44.5 Å². The number of phenols is 1. The van der Waals surface area contributed by atoms with Crippen molar-refractivity contribution < 1.29 is 9.90 Å². The number of aromatic amines is 2. The first kappa shape index (κ1) is 22.3. The van der Waals surface area contributed by atoms with Crippen LogP contribution in [0.3, 0.4) is 0 Å². The summed E-state index contributed by atoms with van der Waals surface area (Å²) in [6.07, 6.45) is 5.51. The lowest BCUT2D eigenvalue weighted by Crippen LogP contribution is -2.17. The van der Waals surface area contributed by atoms with Gasteiger partial charge in [-0.05, 0) is 67.0 Å². The second-order valence-electron chi connectivity index (χ2n) is 7.94. The van der Waals surface area contributed by atoms with Crippen LogP contribution in [0.2, 0.25) is 0 Å². The average molecular weight is 445 g/mol. The fourth-order valence-electron chi connectivity index (χ4n) is 3.98. The number of nitrogens with zero attached hydrogens (tertiary/aromatic N) is 3. The highest BCUT2D eigenvalue weighted by atomic mass is 16.3. The van der Waals surface area contributed by atoms with Gasteiger partial charge in [-0.1, -0.05) is 25.1 Å². The summed E-state index contributed by atoms with van der Waals surface area (Å²) in [5, 5.41) is 21.1. The second-order valence-corrected chi connectivity index (χ2v) is 7.94. The number of amides is 1. The molecular weight excluding hydrogens is 416 g/mol. The van der Waals surface area contributed by atoms with E-state index in [-0.39, 0.29) is 5.75 Å². The van der Waals surface area contributed by atoms with Gasteiger partial charge in [0.05, 0.1) is 17.4 Å². The highest BCUT2D eigenvalue weighted by molar-refractivity contribution is 5.94. The predicted molar refractivity (Wildman–Crippen MR) is 131 cm³/mol. The number of benzene rings is 2. The van der Waals surface area contributed by atoms with E-state index < -0.39 is 0 Å². The summed E-state index contributed by atoms with van der Waals surface area (Å²) >= 11 is 0. The van der Waals surface area contributed by atoms with Crippen molar-refractivity contribution in [1.82, 2.24) is 30.4 Å². The van der Waals surface area contributed by atoms with Gasteiger partial charge >= 0.3 is 0 Å². The molecule has 170 valence electrons. The zero-order valence-electron chi connectivity index (χ0n) is 19.0. The Labute approximate surface area is 192 Å². The number of imidazole rings is 1. The van der Waals surface area contributed by atoms with Crippen LogP contribution in [-0.2, 0) is 11.2 Å². The molecule has 0 fully saturated rings. The molecule has 0 unspecified atom stereocenters. The number of aryl methyl sites for hydroxylation is 1. The molecule has 0 radical (unpaired) electrons. The van der Waals surface area contributed by atoms with E-state index in [1.165, 1.54) is 0 Å². The molecule has 2 aromatic heterocycles. The Kier molecular flexibility index (Phi) is 6.55. The topological polar surface area (TPSA) is 110 Å². The molecule has 4 aromatic rings. The number of nitrogens with one attached hydrogen (secondary N) is 3. The van der Waals surface area contributed by atoms with Crippen molar-refractivity contribution in [1.29, 1.82) is 0 Å². The quantitative estimate of drug-likeness (QED) is 0.352. The minimum Gasteiger partial charge on any atom is -0.508 e. The summed E-state index contributed by atoms with van der Waals surface area (Å²) in [6.45, 7) is 3.29. The molecule has 0 atom stereocenters. The Morgan fingerprint density at radius 1 is 1.21 bits per heavy atom. The van der Waals surface area contributed by atoms with Crippen LogP contribution in [0.15, 0.2) is 48.7 Å². The first-order valence-corrected chi connectivity index (χ1v) is 10.9. The van der Waals surface area contributed by atoms with Crippen LogP contribution >= 0.6 is 0 Å². The van der Waals surface area contributed by atoms with Crippen molar-refractivity contribution in [2.24, 2.45) is 0 Å². The van der Waals surface area contributed by atoms with Crippen LogP contribution in [0.1, 0.15) is 18.2 Å². The Morgan fingerprint density at radius 3 is 2.76 bits per heavy atom. The fraction of sp³-hybridized carbons (Fsp3) is 0.240. The number of fused-ring (bicyclic) bond motifs is 1. The number of rotatable bonds is 5. The molecule has 5 rings (SSSR count). The van der Waals surface area contributed by atoms with Gasteiger partial charge in [-0.2, -0.15) is 5.10 Å². The van der Waals surface area contributed by atoms with Crippen LogP contribution in [0.4, 0.5) is 0 Å². The molecule has 1 amide bonds. The van der Waals surface area contributed by atoms with Crippen LogP contribution < -0.4 is 5.32 Å². The van der Waals surface area contributed by atoms with Crippen molar-refractivity contribution in [3.63, 3.8) is 0 Å². The third-order valence-corrected chi connectivity index (χ3v) is 5.58. The molecule has 0 bridgehead atoms. The van der Waals surface area contributed by atoms with Gasteiger partial charge in [0.2, 0.25) is 6.41 Å². The highest BCUT2D eigenvalue weighted by Gasteiger charge is 2.18. The largest absolute Gasteiger partial charge is 0.508 e. The Balaban J connectivity index is 0.000000821. The number of aromatic hydroxyl groups is 1. The number of carbonyl (C=O) groups excluding carboxylic acids is 1. The third kappa shape index (κ3) is 4.51. The van der Waals surface area contributed by atoms with Gasteiger partial charge in [-0.25, -0.2) is 4.98 Å². The predicted octanol–water partition coefficient (Wildman–Crippen LogP) is 3.58. The number of hydrogen-bond donors (Lipinski definition) is 4. The Morgan fingerprint density at radius 2 is 2.03 bits per heavy atom. The molecule has 4 N–H and O–H groups in total. The van der Waals surface area contributed by atoms with Crippen LogP contribution in [-0.4, -0.2) is 63.8 Å². The molecule has 0 aliphatic carbocycles. The fourth-order valence-corrected chi connectivity index (χ4v) is 3.98. The molecule has 8 nitrogen and oxygen atoms in total. The van der Waals surface area contributed by atoms with Crippen molar-refractivity contribution >= 4 is 22.9 Å². The standard InChI is InChI=1S/C23H21N5O2.C2H7N/c1-2-14-9-17(30)4-6-18(14)15-3-5-19-20(10-15)26-27-22(19)23-24-11-21(25-23)16-7-8-28(12-16)13-29;1-3-2/h3-7,9-11,13,30H,2,8,12H2,1H3,(H,24,25)(H,26,27);3H,1-2H3. The molecule has 0 spiro atoms. The maximum atomic E-state index is 10.9. The molecule has 0 saturated carbocycles. The van der Waals surface area contributed by atoms with Crippen LogP contribution in [0.5, 0.6) is 5.75 Å². The average Bonchev–Trinajstić information content (AvgIpc) is 3.57. The van der Waals surface area contributed by atoms with E-state index >= 15 is 0 Å². The van der Waals surface area contributed by atoms with Gasteiger partial charge in [0.1, 0.15) is 11.4 Å². The first-order chi connectivity index (χ1) is 16.1. The van der Waals surface area contributed by atoms with Crippen LogP contribution in [0.25, 0.3) is 39.1 Å². The first-order valence-electron chi connectivity index (χ1n) is 10.9. The monoisotopic (exact) mass is 444 g/mol.